The van der Waals surface area contributed by atoms with Crippen molar-refractivity contribution in [3.05, 3.63) is 65.7 Å². The van der Waals surface area contributed by atoms with Crippen LogP contribution in [-0.4, -0.2) is 24.8 Å². The SMILES string of the molecule is COc1ccc(CSCC(=O)N[C@H](C)CCc2ccccc2)cc1. The number of aryl methyl sites for hydroxylation is 1. The van der Waals surface area contributed by atoms with E-state index in [0.29, 0.717) is 5.75 Å². The Bertz CT molecular complexity index is 613. The van der Waals surface area contributed by atoms with E-state index in [0.717, 1.165) is 24.3 Å². The fraction of sp³-hybridized carbons (Fsp3) is 0.350. The molecule has 0 saturated carbocycles. The molecule has 2 aromatic carbocycles. The zero-order chi connectivity index (χ0) is 17.2. The summed E-state index contributed by atoms with van der Waals surface area (Å²) in [6.45, 7) is 2.06. The number of amides is 1. The molecule has 0 aliphatic heterocycles. The molecule has 3 nitrogen and oxygen atoms in total. The van der Waals surface area contributed by atoms with Gasteiger partial charge in [0.25, 0.3) is 0 Å². The van der Waals surface area contributed by atoms with Crippen LogP contribution in [0.3, 0.4) is 0 Å². The molecule has 2 aromatic rings. The summed E-state index contributed by atoms with van der Waals surface area (Å²) in [5.41, 5.74) is 2.51. The van der Waals surface area contributed by atoms with Gasteiger partial charge < -0.3 is 10.1 Å². The minimum atomic E-state index is 0.106. The lowest BCUT2D eigenvalue weighted by Gasteiger charge is -2.14. The molecule has 0 aliphatic carbocycles. The molecule has 0 heterocycles. The first kappa shape index (κ1) is 18.4. The van der Waals surface area contributed by atoms with Gasteiger partial charge in [-0.1, -0.05) is 42.5 Å². The van der Waals surface area contributed by atoms with Gasteiger partial charge in [-0.05, 0) is 43.0 Å². The molecule has 1 N–H and O–H groups in total. The van der Waals surface area contributed by atoms with Gasteiger partial charge in [0, 0.05) is 11.8 Å². The molecule has 0 fully saturated rings. The Morgan fingerprint density at radius 2 is 1.79 bits per heavy atom. The fourth-order valence-corrected chi connectivity index (χ4v) is 3.20. The summed E-state index contributed by atoms with van der Waals surface area (Å²) in [6, 6.07) is 18.5. The van der Waals surface area contributed by atoms with E-state index in [1.807, 2.05) is 42.5 Å². The Morgan fingerprint density at radius 3 is 2.46 bits per heavy atom. The molecule has 24 heavy (non-hydrogen) atoms. The molecule has 0 saturated heterocycles. The first-order chi connectivity index (χ1) is 11.7. The topological polar surface area (TPSA) is 38.3 Å². The van der Waals surface area contributed by atoms with Crippen molar-refractivity contribution < 1.29 is 9.53 Å². The van der Waals surface area contributed by atoms with Crippen molar-refractivity contribution >= 4 is 17.7 Å². The largest absolute Gasteiger partial charge is 0.497 e. The highest BCUT2D eigenvalue weighted by Crippen LogP contribution is 2.16. The van der Waals surface area contributed by atoms with Crippen molar-refractivity contribution in [3.8, 4) is 5.75 Å². The Hall–Kier alpha value is -1.94. The van der Waals surface area contributed by atoms with Gasteiger partial charge in [0.2, 0.25) is 5.91 Å². The third-order valence-electron chi connectivity index (χ3n) is 3.78. The van der Waals surface area contributed by atoms with Crippen molar-refractivity contribution in [1.29, 1.82) is 0 Å². The molecular formula is C20H25NO2S. The number of ether oxygens (including phenoxy) is 1. The van der Waals surface area contributed by atoms with Gasteiger partial charge in [0.15, 0.2) is 0 Å². The first-order valence-electron chi connectivity index (χ1n) is 8.21. The van der Waals surface area contributed by atoms with Gasteiger partial charge in [-0.2, -0.15) is 0 Å². The van der Waals surface area contributed by atoms with Gasteiger partial charge in [-0.25, -0.2) is 0 Å². The average Bonchev–Trinajstić information content (AvgIpc) is 2.61. The van der Waals surface area contributed by atoms with Crippen LogP contribution in [0.25, 0.3) is 0 Å². The van der Waals surface area contributed by atoms with Crippen LogP contribution in [0.15, 0.2) is 54.6 Å². The Morgan fingerprint density at radius 1 is 1.08 bits per heavy atom. The maximum Gasteiger partial charge on any atom is 0.230 e. The van der Waals surface area contributed by atoms with Gasteiger partial charge in [-0.3, -0.25) is 4.79 Å². The molecule has 0 unspecified atom stereocenters. The lowest BCUT2D eigenvalue weighted by molar-refractivity contribution is -0.119. The third-order valence-corrected chi connectivity index (χ3v) is 4.78. The van der Waals surface area contributed by atoms with Crippen molar-refractivity contribution in [2.75, 3.05) is 12.9 Å². The van der Waals surface area contributed by atoms with Crippen LogP contribution < -0.4 is 10.1 Å². The smallest absolute Gasteiger partial charge is 0.230 e. The second-order valence-electron chi connectivity index (χ2n) is 5.83. The predicted octanol–water partition coefficient (Wildman–Crippen LogP) is 4.07. The Labute approximate surface area is 148 Å². The summed E-state index contributed by atoms with van der Waals surface area (Å²) in [7, 11) is 1.66. The second kappa shape index (κ2) is 10.0. The van der Waals surface area contributed by atoms with E-state index in [4.69, 9.17) is 4.74 Å². The third kappa shape index (κ3) is 6.67. The highest BCUT2D eigenvalue weighted by atomic mass is 32.2. The molecule has 1 atom stereocenters. The standard InChI is InChI=1S/C20H25NO2S/c1-16(8-9-17-6-4-3-5-7-17)21-20(22)15-24-14-18-10-12-19(23-2)13-11-18/h3-7,10-13,16H,8-9,14-15H2,1-2H3,(H,21,22)/t16-/m1/s1. The highest BCUT2D eigenvalue weighted by Gasteiger charge is 2.08. The van der Waals surface area contributed by atoms with Gasteiger partial charge in [0.05, 0.1) is 12.9 Å². The van der Waals surface area contributed by atoms with E-state index in [-0.39, 0.29) is 11.9 Å². The summed E-state index contributed by atoms with van der Waals surface area (Å²) >= 11 is 1.63. The van der Waals surface area contributed by atoms with E-state index < -0.39 is 0 Å². The maximum absolute atomic E-state index is 12.0. The molecule has 2 rings (SSSR count). The van der Waals surface area contributed by atoms with Crippen LogP contribution in [0.1, 0.15) is 24.5 Å². The van der Waals surface area contributed by atoms with Gasteiger partial charge >= 0.3 is 0 Å². The Balaban J connectivity index is 1.63. The number of carbonyl (C=O) groups excluding carboxylic acids is 1. The summed E-state index contributed by atoms with van der Waals surface area (Å²) < 4.78 is 5.14. The van der Waals surface area contributed by atoms with Crippen LogP contribution in [0.2, 0.25) is 0 Å². The molecule has 0 radical (unpaired) electrons. The number of methoxy groups -OCH3 is 1. The number of hydrogen-bond acceptors (Lipinski definition) is 3. The Kier molecular flexibility index (Phi) is 7.69. The van der Waals surface area contributed by atoms with Crippen molar-refractivity contribution in [3.63, 3.8) is 0 Å². The summed E-state index contributed by atoms with van der Waals surface area (Å²) in [5.74, 6) is 2.28. The van der Waals surface area contributed by atoms with Crippen molar-refractivity contribution in [2.24, 2.45) is 0 Å². The molecular weight excluding hydrogens is 318 g/mol. The van der Waals surface area contributed by atoms with E-state index in [1.165, 1.54) is 11.1 Å². The number of hydrogen-bond donors (Lipinski definition) is 1. The zero-order valence-corrected chi connectivity index (χ0v) is 15.1. The van der Waals surface area contributed by atoms with E-state index in [9.17, 15) is 4.79 Å². The minimum absolute atomic E-state index is 0.106. The van der Waals surface area contributed by atoms with Crippen LogP contribution in [0.4, 0.5) is 0 Å². The lowest BCUT2D eigenvalue weighted by Crippen LogP contribution is -2.34. The maximum atomic E-state index is 12.0. The normalized spacial score (nSPS) is 11.8. The predicted molar refractivity (Wildman–Crippen MR) is 102 cm³/mol. The molecule has 0 spiro atoms. The molecule has 1 amide bonds. The van der Waals surface area contributed by atoms with Crippen LogP contribution in [0, 0.1) is 0 Å². The monoisotopic (exact) mass is 343 g/mol. The van der Waals surface area contributed by atoms with E-state index in [2.05, 4.69) is 24.4 Å². The van der Waals surface area contributed by atoms with Gasteiger partial charge in [0.1, 0.15) is 5.75 Å². The van der Waals surface area contributed by atoms with Gasteiger partial charge in [-0.15, -0.1) is 11.8 Å². The first-order valence-corrected chi connectivity index (χ1v) is 9.37. The summed E-state index contributed by atoms with van der Waals surface area (Å²) in [4.78, 5) is 12.0. The van der Waals surface area contributed by atoms with Crippen LogP contribution >= 0.6 is 11.8 Å². The number of rotatable bonds is 9. The molecule has 4 heteroatoms. The number of carbonyl (C=O) groups is 1. The second-order valence-corrected chi connectivity index (χ2v) is 6.82. The number of benzene rings is 2. The number of nitrogens with one attached hydrogen (secondary N) is 1. The molecule has 128 valence electrons. The quantitative estimate of drug-likeness (QED) is 0.746. The average molecular weight is 343 g/mol. The van der Waals surface area contributed by atoms with Crippen LogP contribution in [0.5, 0.6) is 5.75 Å². The van der Waals surface area contributed by atoms with Crippen molar-refractivity contribution in [2.45, 2.75) is 31.6 Å². The lowest BCUT2D eigenvalue weighted by atomic mass is 10.1. The fourth-order valence-electron chi connectivity index (χ4n) is 2.40. The minimum Gasteiger partial charge on any atom is -0.497 e. The van der Waals surface area contributed by atoms with E-state index in [1.54, 1.807) is 18.9 Å². The van der Waals surface area contributed by atoms with Crippen molar-refractivity contribution in [1.82, 2.24) is 5.32 Å². The highest BCUT2D eigenvalue weighted by molar-refractivity contribution is 7.99. The molecule has 0 aromatic heterocycles. The molecule has 0 bridgehead atoms. The number of thioether (sulfide) groups is 1. The molecule has 0 aliphatic rings. The zero-order valence-electron chi connectivity index (χ0n) is 14.3. The summed E-state index contributed by atoms with van der Waals surface area (Å²) in [5, 5.41) is 3.07. The summed E-state index contributed by atoms with van der Waals surface area (Å²) in [6.07, 6.45) is 1.94. The van der Waals surface area contributed by atoms with Crippen LogP contribution in [-0.2, 0) is 17.0 Å². The van der Waals surface area contributed by atoms with E-state index >= 15 is 0 Å².